The Morgan fingerprint density at radius 1 is 1.22 bits per heavy atom. The lowest BCUT2D eigenvalue weighted by Crippen LogP contribution is -2.15. The summed E-state index contributed by atoms with van der Waals surface area (Å²) in [5.74, 6) is 2.09. The third kappa shape index (κ3) is 3.68. The molecule has 1 aromatic carbocycles. The fraction of sp³-hybridized carbons (Fsp3) is 0.312. The number of ether oxygens (including phenoxy) is 2. The number of benzene rings is 1. The summed E-state index contributed by atoms with van der Waals surface area (Å²) in [6.45, 7) is 5.17. The van der Waals surface area contributed by atoms with E-state index in [9.17, 15) is 4.79 Å². The fourth-order valence-corrected chi connectivity index (χ4v) is 2.06. The number of carbonyl (C=O) groups excluding carboxylic acids is 1. The summed E-state index contributed by atoms with van der Waals surface area (Å²) in [7, 11) is 0. The third-order valence-corrected chi connectivity index (χ3v) is 3.22. The minimum Gasteiger partial charge on any atom is -0.454 e. The Morgan fingerprint density at radius 3 is 2.87 bits per heavy atom. The highest BCUT2D eigenvalue weighted by Crippen LogP contribution is 2.34. The van der Waals surface area contributed by atoms with Crippen LogP contribution in [0, 0.1) is 5.92 Å². The van der Waals surface area contributed by atoms with Crippen molar-refractivity contribution in [1.29, 1.82) is 0 Å². The summed E-state index contributed by atoms with van der Waals surface area (Å²) >= 11 is 0. The molecule has 1 aliphatic rings. The molecule has 7 heteroatoms. The fourth-order valence-electron chi connectivity index (χ4n) is 2.06. The summed E-state index contributed by atoms with van der Waals surface area (Å²) in [5.41, 5.74) is 0.915. The van der Waals surface area contributed by atoms with Gasteiger partial charge in [-0.3, -0.25) is 4.79 Å². The quantitative estimate of drug-likeness (QED) is 0.882. The maximum atomic E-state index is 12.3. The molecule has 0 aliphatic carbocycles. The average Bonchev–Trinajstić information content (AvgIpc) is 3.01. The van der Waals surface area contributed by atoms with Gasteiger partial charge in [0, 0.05) is 24.4 Å². The summed E-state index contributed by atoms with van der Waals surface area (Å²) in [4.78, 5) is 20.4. The van der Waals surface area contributed by atoms with E-state index in [-0.39, 0.29) is 12.7 Å². The van der Waals surface area contributed by atoms with Gasteiger partial charge in [0.05, 0.1) is 0 Å². The number of nitrogens with zero attached hydrogens (tertiary/aromatic N) is 2. The number of aromatic nitrogens is 2. The number of carbonyl (C=O) groups is 1. The van der Waals surface area contributed by atoms with Crippen molar-refractivity contribution in [1.82, 2.24) is 9.97 Å². The van der Waals surface area contributed by atoms with Gasteiger partial charge in [-0.1, -0.05) is 13.8 Å². The monoisotopic (exact) mass is 314 g/mol. The van der Waals surface area contributed by atoms with Crippen LogP contribution >= 0.6 is 0 Å². The van der Waals surface area contributed by atoms with Crippen LogP contribution in [0.5, 0.6) is 11.5 Å². The molecule has 0 bridgehead atoms. The van der Waals surface area contributed by atoms with E-state index in [4.69, 9.17) is 9.47 Å². The number of hydrogen-bond donors (Lipinski definition) is 2. The highest BCUT2D eigenvalue weighted by atomic mass is 16.7. The highest BCUT2D eigenvalue weighted by Gasteiger charge is 2.15. The van der Waals surface area contributed by atoms with Crippen molar-refractivity contribution in [2.45, 2.75) is 13.8 Å². The summed E-state index contributed by atoms with van der Waals surface area (Å²) < 4.78 is 10.5. The topological polar surface area (TPSA) is 85.4 Å². The zero-order valence-electron chi connectivity index (χ0n) is 13.0. The molecule has 3 rings (SSSR count). The summed E-state index contributed by atoms with van der Waals surface area (Å²) in [6.07, 6.45) is 1.37. The van der Waals surface area contributed by atoms with Gasteiger partial charge < -0.3 is 20.1 Å². The minimum absolute atomic E-state index is 0.198. The molecule has 2 aromatic rings. The lowest BCUT2D eigenvalue weighted by atomic mass is 10.2. The first-order valence-electron chi connectivity index (χ1n) is 7.39. The molecule has 1 amide bonds. The maximum absolute atomic E-state index is 12.3. The van der Waals surface area contributed by atoms with Crippen LogP contribution in [0.15, 0.2) is 30.6 Å². The molecule has 7 nitrogen and oxygen atoms in total. The van der Waals surface area contributed by atoms with Crippen molar-refractivity contribution < 1.29 is 14.3 Å². The van der Waals surface area contributed by atoms with Crippen LogP contribution in [-0.2, 0) is 0 Å². The standard InChI is InChI=1S/C16H18N4O3/c1-10(2)7-17-15-6-12(18-8-19-15)16(21)20-11-3-4-13-14(5-11)23-9-22-13/h3-6,8,10H,7,9H2,1-2H3,(H,20,21)(H,17,18,19). The SMILES string of the molecule is CC(C)CNc1cc(C(=O)Nc2ccc3c(c2)OCO3)ncn1. The first-order chi connectivity index (χ1) is 11.1. The van der Waals surface area contributed by atoms with Crippen LogP contribution in [0.25, 0.3) is 0 Å². The summed E-state index contributed by atoms with van der Waals surface area (Å²) in [5, 5.41) is 5.96. The lowest BCUT2D eigenvalue weighted by molar-refractivity contribution is 0.102. The van der Waals surface area contributed by atoms with Gasteiger partial charge in [0.15, 0.2) is 11.5 Å². The van der Waals surface area contributed by atoms with Gasteiger partial charge >= 0.3 is 0 Å². The van der Waals surface area contributed by atoms with E-state index < -0.39 is 0 Å². The second kappa shape index (κ2) is 6.51. The largest absolute Gasteiger partial charge is 0.454 e. The Balaban J connectivity index is 1.69. The molecule has 0 radical (unpaired) electrons. The number of hydrogen-bond acceptors (Lipinski definition) is 6. The minimum atomic E-state index is -0.307. The molecule has 0 fully saturated rings. The van der Waals surface area contributed by atoms with Gasteiger partial charge in [0.2, 0.25) is 6.79 Å². The molecular formula is C16H18N4O3. The molecule has 1 aromatic heterocycles. The van der Waals surface area contributed by atoms with Crippen LogP contribution in [0.4, 0.5) is 11.5 Å². The highest BCUT2D eigenvalue weighted by molar-refractivity contribution is 6.03. The van der Waals surface area contributed by atoms with Gasteiger partial charge in [-0.05, 0) is 18.1 Å². The Bertz CT molecular complexity index is 718. The molecule has 0 saturated heterocycles. The molecule has 0 unspecified atom stereocenters. The van der Waals surface area contributed by atoms with Gasteiger partial charge in [0.1, 0.15) is 17.8 Å². The second-order valence-corrected chi connectivity index (χ2v) is 5.59. The number of amides is 1. The van der Waals surface area contributed by atoms with E-state index in [0.29, 0.717) is 34.6 Å². The Hall–Kier alpha value is -2.83. The zero-order valence-corrected chi connectivity index (χ0v) is 13.0. The first-order valence-corrected chi connectivity index (χ1v) is 7.39. The molecule has 2 heterocycles. The van der Waals surface area contributed by atoms with Crippen molar-refractivity contribution in [2.75, 3.05) is 24.0 Å². The maximum Gasteiger partial charge on any atom is 0.274 e. The predicted octanol–water partition coefficient (Wildman–Crippen LogP) is 2.53. The second-order valence-electron chi connectivity index (χ2n) is 5.59. The van der Waals surface area contributed by atoms with Gasteiger partial charge in [-0.25, -0.2) is 9.97 Å². The Labute approximate surface area is 134 Å². The number of rotatable bonds is 5. The number of fused-ring (bicyclic) bond motifs is 1. The Kier molecular flexibility index (Phi) is 4.27. The third-order valence-electron chi connectivity index (χ3n) is 3.22. The van der Waals surface area contributed by atoms with E-state index in [1.54, 1.807) is 24.3 Å². The molecule has 0 spiro atoms. The van der Waals surface area contributed by atoms with Gasteiger partial charge in [-0.2, -0.15) is 0 Å². The van der Waals surface area contributed by atoms with Crippen molar-refractivity contribution in [3.63, 3.8) is 0 Å². The van der Waals surface area contributed by atoms with Crippen molar-refractivity contribution >= 4 is 17.4 Å². The zero-order chi connectivity index (χ0) is 16.2. The normalized spacial score (nSPS) is 12.3. The van der Waals surface area contributed by atoms with E-state index in [1.165, 1.54) is 6.33 Å². The van der Waals surface area contributed by atoms with Gasteiger partial charge in [-0.15, -0.1) is 0 Å². The molecule has 2 N–H and O–H groups in total. The molecule has 23 heavy (non-hydrogen) atoms. The Morgan fingerprint density at radius 2 is 2.04 bits per heavy atom. The van der Waals surface area contributed by atoms with E-state index in [0.717, 1.165) is 6.54 Å². The van der Waals surface area contributed by atoms with Crippen LogP contribution in [-0.4, -0.2) is 29.2 Å². The van der Waals surface area contributed by atoms with Crippen LogP contribution in [0.1, 0.15) is 24.3 Å². The van der Waals surface area contributed by atoms with E-state index in [2.05, 4.69) is 34.4 Å². The molecule has 0 saturated carbocycles. The van der Waals surface area contributed by atoms with Crippen LogP contribution < -0.4 is 20.1 Å². The van der Waals surface area contributed by atoms with Crippen molar-refractivity contribution in [3.05, 3.63) is 36.3 Å². The van der Waals surface area contributed by atoms with Crippen molar-refractivity contribution in [2.24, 2.45) is 5.92 Å². The summed E-state index contributed by atoms with van der Waals surface area (Å²) in [6, 6.07) is 6.86. The smallest absolute Gasteiger partial charge is 0.274 e. The van der Waals surface area contributed by atoms with Gasteiger partial charge in [0.25, 0.3) is 5.91 Å². The van der Waals surface area contributed by atoms with Crippen LogP contribution in [0.3, 0.4) is 0 Å². The lowest BCUT2D eigenvalue weighted by Gasteiger charge is -2.09. The van der Waals surface area contributed by atoms with Crippen LogP contribution in [0.2, 0.25) is 0 Å². The molecule has 0 atom stereocenters. The molecular weight excluding hydrogens is 296 g/mol. The first kappa shape index (κ1) is 15.1. The predicted molar refractivity (Wildman–Crippen MR) is 85.9 cm³/mol. The van der Waals surface area contributed by atoms with Crippen molar-refractivity contribution in [3.8, 4) is 11.5 Å². The number of anilines is 2. The average molecular weight is 314 g/mol. The molecule has 120 valence electrons. The van der Waals surface area contributed by atoms with E-state index in [1.807, 2.05) is 0 Å². The molecule has 1 aliphatic heterocycles. The number of nitrogens with one attached hydrogen (secondary N) is 2. The van der Waals surface area contributed by atoms with E-state index >= 15 is 0 Å².